The van der Waals surface area contributed by atoms with Gasteiger partial charge in [0.15, 0.2) is 0 Å². The van der Waals surface area contributed by atoms with Crippen molar-refractivity contribution in [3.05, 3.63) is 0 Å². The standard InChI is InChI=1S/C14H24O5S/c1-4-7-9-20-10-8-11(13(16)18-5-2)12(15)14(17)19-6-3/h11H,4-10H2,1-3H3. The molecule has 1 atom stereocenters. The molecule has 0 aromatic rings. The van der Waals surface area contributed by atoms with E-state index in [0.717, 1.165) is 18.6 Å². The van der Waals surface area contributed by atoms with Gasteiger partial charge in [-0.25, -0.2) is 4.79 Å². The molecule has 6 heteroatoms. The summed E-state index contributed by atoms with van der Waals surface area (Å²) in [5.74, 6) is -1.80. The minimum absolute atomic E-state index is 0.116. The van der Waals surface area contributed by atoms with Crippen LogP contribution in [-0.2, 0) is 23.9 Å². The third-order valence-corrected chi connectivity index (χ3v) is 3.66. The first kappa shape index (κ1) is 19.0. The van der Waals surface area contributed by atoms with E-state index in [2.05, 4.69) is 11.7 Å². The van der Waals surface area contributed by atoms with Crippen LogP contribution in [-0.4, -0.2) is 42.4 Å². The second-order valence-corrected chi connectivity index (χ2v) is 5.37. The Kier molecular flexibility index (Phi) is 11.1. The fourth-order valence-electron chi connectivity index (χ4n) is 1.49. The number of Topliss-reactive ketones (excluding diaryl/α,β-unsaturated/α-hetero) is 1. The van der Waals surface area contributed by atoms with E-state index in [1.165, 1.54) is 0 Å². The summed E-state index contributed by atoms with van der Waals surface area (Å²) in [6, 6.07) is 0. The molecule has 0 spiro atoms. The highest BCUT2D eigenvalue weighted by molar-refractivity contribution is 7.99. The lowest BCUT2D eigenvalue weighted by Gasteiger charge is -2.13. The fraction of sp³-hybridized carbons (Fsp3) is 0.786. The van der Waals surface area contributed by atoms with E-state index in [-0.39, 0.29) is 13.2 Å². The van der Waals surface area contributed by atoms with Crippen LogP contribution < -0.4 is 0 Å². The molecule has 0 rings (SSSR count). The number of carbonyl (C=O) groups excluding carboxylic acids is 3. The molecular formula is C14H24O5S. The third-order valence-electron chi connectivity index (χ3n) is 2.56. The number of rotatable bonds is 11. The van der Waals surface area contributed by atoms with Crippen molar-refractivity contribution in [1.29, 1.82) is 0 Å². The van der Waals surface area contributed by atoms with Gasteiger partial charge in [0.25, 0.3) is 5.78 Å². The molecule has 0 aromatic heterocycles. The highest BCUT2D eigenvalue weighted by Gasteiger charge is 2.33. The molecule has 0 heterocycles. The van der Waals surface area contributed by atoms with Gasteiger partial charge in [0.1, 0.15) is 5.92 Å². The predicted molar refractivity (Wildman–Crippen MR) is 78.6 cm³/mol. The number of ketones is 1. The van der Waals surface area contributed by atoms with Gasteiger partial charge in [0, 0.05) is 0 Å². The molecule has 0 aromatic carbocycles. The summed E-state index contributed by atoms with van der Waals surface area (Å²) >= 11 is 1.67. The topological polar surface area (TPSA) is 69.7 Å². The van der Waals surface area contributed by atoms with Gasteiger partial charge in [-0.3, -0.25) is 9.59 Å². The Labute approximate surface area is 124 Å². The van der Waals surface area contributed by atoms with Gasteiger partial charge in [-0.2, -0.15) is 11.8 Å². The van der Waals surface area contributed by atoms with Crippen LogP contribution in [0.4, 0.5) is 0 Å². The monoisotopic (exact) mass is 304 g/mol. The average Bonchev–Trinajstić information content (AvgIpc) is 2.42. The fourth-order valence-corrected chi connectivity index (χ4v) is 2.59. The van der Waals surface area contributed by atoms with Crippen LogP contribution in [0.3, 0.4) is 0 Å². The molecule has 0 saturated carbocycles. The van der Waals surface area contributed by atoms with Crippen molar-refractivity contribution < 1.29 is 23.9 Å². The van der Waals surface area contributed by atoms with Crippen LogP contribution in [0.25, 0.3) is 0 Å². The first-order valence-corrected chi connectivity index (χ1v) is 8.19. The summed E-state index contributed by atoms with van der Waals surface area (Å²) in [6.07, 6.45) is 2.52. The van der Waals surface area contributed by atoms with Crippen LogP contribution >= 0.6 is 11.8 Å². The molecule has 0 bridgehead atoms. The molecule has 116 valence electrons. The molecule has 5 nitrogen and oxygen atoms in total. The maximum atomic E-state index is 11.9. The van der Waals surface area contributed by atoms with E-state index in [1.54, 1.807) is 25.6 Å². The third kappa shape index (κ3) is 7.53. The molecule has 1 unspecified atom stereocenters. The Morgan fingerprint density at radius 1 is 1.00 bits per heavy atom. The molecule has 0 aliphatic heterocycles. The Bertz CT molecular complexity index is 317. The number of hydrogen-bond acceptors (Lipinski definition) is 6. The van der Waals surface area contributed by atoms with E-state index in [4.69, 9.17) is 4.74 Å². The van der Waals surface area contributed by atoms with E-state index in [9.17, 15) is 14.4 Å². The lowest BCUT2D eigenvalue weighted by molar-refractivity contribution is -0.162. The van der Waals surface area contributed by atoms with Crippen molar-refractivity contribution in [2.24, 2.45) is 5.92 Å². The van der Waals surface area contributed by atoms with Gasteiger partial charge >= 0.3 is 11.9 Å². The van der Waals surface area contributed by atoms with Gasteiger partial charge in [-0.15, -0.1) is 0 Å². The Morgan fingerprint density at radius 3 is 2.20 bits per heavy atom. The quantitative estimate of drug-likeness (QED) is 0.252. The number of ether oxygens (including phenoxy) is 2. The largest absolute Gasteiger partial charge is 0.465 e. The Balaban J connectivity index is 4.44. The van der Waals surface area contributed by atoms with Crippen molar-refractivity contribution in [2.75, 3.05) is 24.7 Å². The molecule has 0 amide bonds. The van der Waals surface area contributed by atoms with Gasteiger partial charge < -0.3 is 9.47 Å². The Morgan fingerprint density at radius 2 is 1.65 bits per heavy atom. The van der Waals surface area contributed by atoms with Gasteiger partial charge in [0.2, 0.25) is 0 Å². The molecule has 0 aliphatic carbocycles. The second-order valence-electron chi connectivity index (χ2n) is 4.14. The lowest BCUT2D eigenvalue weighted by atomic mass is 10.0. The number of hydrogen-bond donors (Lipinski definition) is 0. The van der Waals surface area contributed by atoms with Crippen molar-refractivity contribution in [2.45, 2.75) is 40.0 Å². The molecule has 20 heavy (non-hydrogen) atoms. The highest BCUT2D eigenvalue weighted by atomic mass is 32.2. The number of thioether (sulfide) groups is 1. The van der Waals surface area contributed by atoms with Crippen LogP contribution in [0.5, 0.6) is 0 Å². The van der Waals surface area contributed by atoms with Crippen LogP contribution in [0.15, 0.2) is 0 Å². The smallest absolute Gasteiger partial charge is 0.375 e. The molecule has 0 aliphatic rings. The predicted octanol–water partition coefficient (Wildman–Crippen LogP) is 2.22. The molecule has 0 fully saturated rings. The maximum absolute atomic E-state index is 11.9. The van der Waals surface area contributed by atoms with Crippen LogP contribution in [0, 0.1) is 5.92 Å². The van der Waals surface area contributed by atoms with E-state index >= 15 is 0 Å². The van der Waals surface area contributed by atoms with E-state index in [0.29, 0.717) is 12.2 Å². The summed E-state index contributed by atoms with van der Waals surface area (Å²) < 4.78 is 9.51. The number of unbranched alkanes of at least 4 members (excludes halogenated alkanes) is 1. The summed E-state index contributed by atoms with van der Waals surface area (Å²) in [6.45, 7) is 5.69. The molecular weight excluding hydrogens is 280 g/mol. The minimum atomic E-state index is -1.04. The van der Waals surface area contributed by atoms with Gasteiger partial charge in [-0.05, 0) is 38.2 Å². The van der Waals surface area contributed by atoms with Gasteiger partial charge in [-0.1, -0.05) is 13.3 Å². The van der Waals surface area contributed by atoms with Crippen LogP contribution in [0.2, 0.25) is 0 Å². The zero-order valence-electron chi connectivity index (χ0n) is 12.5. The Hall–Kier alpha value is -1.04. The maximum Gasteiger partial charge on any atom is 0.375 e. The first-order valence-electron chi connectivity index (χ1n) is 7.03. The number of esters is 2. The van der Waals surface area contributed by atoms with Crippen molar-refractivity contribution in [3.63, 3.8) is 0 Å². The SMILES string of the molecule is CCCCSCCC(C(=O)OCC)C(=O)C(=O)OCC. The zero-order chi connectivity index (χ0) is 15.4. The summed E-state index contributed by atoms with van der Waals surface area (Å²) in [7, 11) is 0. The lowest BCUT2D eigenvalue weighted by Crippen LogP contribution is -2.33. The van der Waals surface area contributed by atoms with Crippen LogP contribution in [0.1, 0.15) is 40.0 Å². The normalized spacial score (nSPS) is 11.8. The molecule has 0 saturated heterocycles. The molecule has 0 N–H and O–H groups in total. The zero-order valence-corrected chi connectivity index (χ0v) is 13.3. The van der Waals surface area contributed by atoms with Gasteiger partial charge in [0.05, 0.1) is 13.2 Å². The summed E-state index contributed by atoms with van der Waals surface area (Å²) in [4.78, 5) is 35.1. The van der Waals surface area contributed by atoms with Crippen molar-refractivity contribution in [3.8, 4) is 0 Å². The average molecular weight is 304 g/mol. The summed E-state index contributed by atoms with van der Waals surface area (Å²) in [5, 5.41) is 0. The molecule has 0 radical (unpaired) electrons. The van der Waals surface area contributed by atoms with Crippen molar-refractivity contribution in [1.82, 2.24) is 0 Å². The van der Waals surface area contributed by atoms with E-state index < -0.39 is 23.6 Å². The first-order chi connectivity index (χ1) is 9.58. The minimum Gasteiger partial charge on any atom is -0.465 e. The van der Waals surface area contributed by atoms with E-state index in [1.807, 2.05) is 0 Å². The van der Waals surface area contributed by atoms with Crippen molar-refractivity contribution >= 4 is 29.5 Å². The summed E-state index contributed by atoms with van der Waals surface area (Å²) in [5.41, 5.74) is 0. The second kappa shape index (κ2) is 11.8. The number of carbonyl (C=O) groups is 3. The highest BCUT2D eigenvalue weighted by Crippen LogP contribution is 2.15.